The summed E-state index contributed by atoms with van der Waals surface area (Å²) in [6.45, 7) is 6.31. The molecule has 0 aliphatic heterocycles. The number of hydrogen-bond donors (Lipinski definition) is 0. The zero-order valence-electron chi connectivity index (χ0n) is 42.6. The van der Waals surface area contributed by atoms with Crippen LogP contribution in [0.5, 0.6) is 0 Å². The quantitative estimate of drug-likeness (QED) is 0.0262. The third kappa shape index (κ3) is 52.1. The zero-order chi connectivity index (χ0) is 48.6. The molecule has 0 N–H and O–H groups in total. The normalized spacial score (nSPS) is 13.3. The van der Waals surface area contributed by atoms with Gasteiger partial charge in [0.25, 0.3) is 0 Å². The van der Waals surface area contributed by atoms with Gasteiger partial charge in [0, 0.05) is 19.3 Å². The molecule has 0 fully saturated rings. The second-order valence-electron chi connectivity index (χ2n) is 16.7. The molecular formula is C61H94O6. The maximum absolute atomic E-state index is 12.8. The number of carbonyl (C=O) groups excluding carboxylic acids is 3. The van der Waals surface area contributed by atoms with Crippen LogP contribution in [0, 0.1) is 0 Å². The van der Waals surface area contributed by atoms with Crippen LogP contribution in [0.3, 0.4) is 0 Å². The number of ether oxygens (including phenoxy) is 3. The lowest BCUT2D eigenvalue weighted by Gasteiger charge is -2.18. The maximum Gasteiger partial charge on any atom is 0.306 e. The third-order valence-electron chi connectivity index (χ3n) is 10.3. The van der Waals surface area contributed by atoms with Crippen molar-refractivity contribution in [3.8, 4) is 0 Å². The molecule has 0 amide bonds. The van der Waals surface area contributed by atoms with Gasteiger partial charge in [-0.3, -0.25) is 14.4 Å². The Morgan fingerprint density at radius 3 is 0.910 bits per heavy atom. The summed E-state index contributed by atoms with van der Waals surface area (Å²) >= 11 is 0. The highest BCUT2D eigenvalue weighted by Gasteiger charge is 2.19. The van der Waals surface area contributed by atoms with E-state index in [0.29, 0.717) is 19.3 Å². The summed E-state index contributed by atoms with van der Waals surface area (Å²) in [5, 5.41) is 0. The van der Waals surface area contributed by atoms with Crippen LogP contribution in [0.1, 0.15) is 201 Å². The van der Waals surface area contributed by atoms with Gasteiger partial charge in [-0.2, -0.15) is 0 Å². The summed E-state index contributed by atoms with van der Waals surface area (Å²) in [7, 11) is 0. The van der Waals surface area contributed by atoms with E-state index in [9.17, 15) is 14.4 Å². The van der Waals surface area contributed by atoms with Crippen molar-refractivity contribution in [2.24, 2.45) is 0 Å². The molecule has 0 radical (unpaired) electrons. The molecule has 1 atom stereocenters. The van der Waals surface area contributed by atoms with Crippen LogP contribution in [0.2, 0.25) is 0 Å². The van der Waals surface area contributed by atoms with Gasteiger partial charge in [0.1, 0.15) is 13.2 Å². The van der Waals surface area contributed by atoms with E-state index in [1.54, 1.807) is 0 Å². The van der Waals surface area contributed by atoms with Crippen LogP contribution >= 0.6 is 0 Å². The summed E-state index contributed by atoms with van der Waals surface area (Å²) in [5.41, 5.74) is 0. The number of allylic oxidation sites excluding steroid dienone is 24. The summed E-state index contributed by atoms with van der Waals surface area (Å²) in [6, 6.07) is 0. The van der Waals surface area contributed by atoms with Crippen molar-refractivity contribution < 1.29 is 28.6 Å². The van der Waals surface area contributed by atoms with Crippen LogP contribution in [0.25, 0.3) is 0 Å². The predicted molar refractivity (Wildman–Crippen MR) is 288 cm³/mol. The lowest BCUT2D eigenvalue weighted by atomic mass is 10.1. The monoisotopic (exact) mass is 923 g/mol. The molecule has 0 saturated carbocycles. The smallest absolute Gasteiger partial charge is 0.306 e. The van der Waals surface area contributed by atoms with Crippen molar-refractivity contribution >= 4 is 17.9 Å². The first-order chi connectivity index (χ1) is 33.0. The largest absolute Gasteiger partial charge is 0.462 e. The van der Waals surface area contributed by atoms with Crippen molar-refractivity contribution in [3.63, 3.8) is 0 Å². The average molecular weight is 923 g/mol. The number of esters is 3. The van der Waals surface area contributed by atoms with Gasteiger partial charge in [-0.25, -0.2) is 0 Å². The number of unbranched alkanes of at least 4 members (excludes halogenated alkanes) is 10. The minimum atomic E-state index is -0.851. The summed E-state index contributed by atoms with van der Waals surface area (Å²) in [4.78, 5) is 38.0. The molecule has 6 nitrogen and oxygen atoms in total. The Balaban J connectivity index is 4.67. The number of hydrogen-bond acceptors (Lipinski definition) is 6. The minimum Gasteiger partial charge on any atom is -0.462 e. The average Bonchev–Trinajstić information content (AvgIpc) is 3.33. The zero-order valence-corrected chi connectivity index (χ0v) is 42.6. The summed E-state index contributed by atoms with van der Waals surface area (Å²) < 4.78 is 16.7. The second kappa shape index (κ2) is 53.9. The van der Waals surface area contributed by atoms with Gasteiger partial charge in [-0.05, 0) is 135 Å². The van der Waals surface area contributed by atoms with Gasteiger partial charge in [-0.1, -0.05) is 192 Å². The van der Waals surface area contributed by atoms with E-state index in [0.717, 1.165) is 89.9 Å². The van der Waals surface area contributed by atoms with Gasteiger partial charge >= 0.3 is 17.9 Å². The van der Waals surface area contributed by atoms with E-state index in [1.807, 2.05) is 0 Å². The van der Waals surface area contributed by atoms with Crippen molar-refractivity contribution in [3.05, 3.63) is 146 Å². The third-order valence-corrected chi connectivity index (χ3v) is 10.3. The van der Waals surface area contributed by atoms with E-state index in [4.69, 9.17) is 14.2 Å². The Labute approximate surface area is 410 Å². The molecule has 0 bridgehead atoms. The molecule has 374 valence electrons. The molecule has 0 unspecified atom stereocenters. The van der Waals surface area contributed by atoms with Gasteiger partial charge in [0.05, 0.1) is 0 Å². The molecule has 0 aromatic carbocycles. The Kier molecular flexibility index (Phi) is 50.1. The van der Waals surface area contributed by atoms with Crippen LogP contribution in [-0.4, -0.2) is 37.2 Å². The molecule has 0 heterocycles. The highest BCUT2D eigenvalue weighted by Crippen LogP contribution is 2.09. The SMILES string of the molecule is CC/C=C\C/C=C\C/C=C\C/C=C\C/C=C\CCCC(=O)OC[C@@H](COC(=O)CCCC/C=C\C/C=C\C/C=C\CCCCC)OC(=O)CCC/C=C\C/C=C\C/C=C\C/C=C\CCCCC. The fourth-order valence-corrected chi connectivity index (χ4v) is 6.36. The van der Waals surface area contributed by atoms with Crippen molar-refractivity contribution in [2.75, 3.05) is 13.2 Å². The summed E-state index contributed by atoms with van der Waals surface area (Å²) in [6.07, 6.45) is 77.0. The topological polar surface area (TPSA) is 78.9 Å². The highest BCUT2D eigenvalue weighted by molar-refractivity contribution is 5.71. The predicted octanol–water partition coefficient (Wildman–Crippen LogP) is 17.6. The maximum atomic E-state index is 12.8. The Hall–Kier alpha value is -4.71. The van der Waals surface area contributed by atoms with Gasteiger partial charge in [0.2, 0.25) is 0 Å². The number of carbonyl (C=O) groups is 3. The first kappa shape index (κ1) is 62.3. The van der Waals surface area contributed by atoms with E-state index < -0.39 is 12.1 Å². The molecule has 0 spiro atoms. The fourth-order valence-electron chi connectivity index (χ4n) is 6.36. The first-order valence-electron chi connectivity index (χ1n) is 26.3. The van der Waals surface area contributed by atoms with Crippen LogP contribution in [0.15, 0.2) is 146 Å². The van der Waals surface area contributed by atoms with E-state index in [1.165, 1.54) is 51.4 Å². The van der Waals surface area contributed by atoms with E-state index in [-0.39, 0.29) is 44.4 Å². The molecule has 0 saturated heterocycles. The summed E-state index contributed by atoms with van der Waals surface area (Å²) in [5.74, 6) is -1.11. The molecule has 0 aliphatic carbocycles. The molecule has 0 aliphatic rings. The Morgan fingerprint density at radius 2 is 0.582 bits per heavy atom. The molecule has 6 heteroatoms. The minimum absolute atomic E-state index is 0.144. The number of rotatable bonds is 45. The van der Waals surface area contributed by atoms with Crippen molar-refractivity contribution in [2.45, 2.75) is 207 Å². The fraction of sp³-hybridized carbons (Fsp3) is 0.557. The Morgan fingerprint density at radius 1 is 0.313 bits per heavy atom. The van der Waals surface area contributed by atoms with Crippen molar-refractivity contribution in [1.29, 1.82) is 0 Å². The molecular weight excluding hydrogens is 829 g/mol. The molecule has 0 aromatic heterocycles. The lowest BCUT2D eigenvalue weighted by Crippen LogP contribution is -2.30. The lowest BCUT2D eigenvalue weighted by molar-refractivity contribution is -0.167. The van der Waals surface area contributed by atoms with Crippen LogP contribution in [-0.2, 0) is 28.6 Å². The molecule has 0 rings (SSSR count). The van der Waals surface area contributed by atoms with Crippen molar-refractivity contribution in [1.82, 2.24) is 0 Å². The highest BCUT2D eigenvalue weighted by atomic mass is 16.6. The molecule has 0 aromatic rings. The van der Waals surface area contributed by atoms with Crippen LogP contribution < -0.4 is 0 Å². The van der Waals surface area contributed by atoms with Gasteiger partial charge < -0.3 is 14.2 Å². The second-order valence-corrected chi connectivity index (χ2v) is 16.7. The molecule has 67 heavy (non-hydrogen) atoms. The Bertz CT molecular complexity index is 1530. The van der Waals surface area contributed by atoms with Crippen LogP contribution in [0.4, 0.5) is 0 Å². The standard InChI is InChI=1S/C61H94O6/c1-4-7-10-13-16-19-22-25-28-30-33-36-39-42-45-48-51-54-60(63)66-57-58(56-65-59(62)53-50-47-44-41-38-35-32-27-24-21-18-15-12-9-6-3)67-61(64)55-52-49-46-43-40-37-34-31-29-26-23-20-17-14-11-8-5-2/h7,10,16-21,25-29,32-34,36-38,41-43,45-46,58H,4-6,8-9,11-15,22-24,30-31,35,39-40,44,47-57H2,1-3H3/b10-7-,19-16-,20-17-,21-18-,28-25-,29-26-,32-27-,36-33-,37-34-,41-38-,45-42-,46-43-/t58-/m1/s1. The van der Waals surface area contributed by atoms with Gasteiger partial charge in [-0.15, -0.1) is 0 Å². The van der Waals surface area contributed by atoms with E-state index in [2.05, 4.69) is 167 Å². The first-order valence-corrected chi connectivity index (χ1v) is 26.3. The van der Waals surface area contributed by atoms with Gasteiger partial charge in [0.15, 0.2) is 6.10 Å². The van der Waals surface area contributed by atoms with E-state index >= 15 is 0 Å².